The van der Waals surface area contributed by atoms with Gasteiger partial charge in [-0.3, -0.25) is 0 Å². The highest BCUT2D eigenvalue weighted by Gasteiger charge is 2.17. The van der Waals surface area contributed by atoms with E-state index in [1.807, 2.05) is 0 Å². The number of hydrogen-bond donors (Lipinski definition) is 0. The van der Waals surface area contributed by atoms with E-state index in [4.69, 9.17) is 0 Å². The molecule has 0 saturated heterocycles. The van der Waals surface area contributed by atoms with E-state index in [-0.39, 0.29) is 0 Å². The summed E-state index contributed by atoms with van der Waals surface area (Å²) in [6.45, 7) is 0. The van der Waals surface area contributed by atoms with Crippen molar-refractivity contribution in [2.45, 2.75) is 0 Å². The molecule has 10 rings (SSSR count). The SMILES string of the molecule is c1ccc(-c2cccc(-c3cccc(-c4cccc(-c5cccc(-c6ccc7c(c6)c6cccc8c9ccccc9n7c86)c5)c4)c3)c2)cc1. The van der Waals surface area contributed by atoms with Crippen molar-refractivity contribution in [2.75, 3.05) is 0 Å². The second-order valence-electron chi connectivity index (χ2n) is 13.0. The maximum atomic E-state index is 2.44. The van der Waals surface area contributed by atoms with E-state index in [1.165, 1.54) is 93.7 Å². The summed E-state index contributed by atoms with van der Waals surface area (Å²) >= 11 is 0. The molecule has 0 aliphatic carbocycles. The van der Waals surface area contributed by atoms with Crippen LogP contribution in [0.15, 0.2) is 188 Å². The molecular weight excluding hydrogens is 591 g/mol. The van der Waals surface area contributed by atoms with Crippen LogP contribution < -0.4 is 0 Å². The van der Waals surface area contributed by atoms with Gasteiger partial charge in [-0.25, -0.2) is 0 Å². The molecule has 0 aliphatic heterocycles. The predicted octanol–water partition coefficient (Wildman–Crippen LogP) is 13.2. The van der Waals surface area contributed by atoms with Gasteiger partial charge in [-0.1, -0.05) is 146 Å². The summed E-state index contributed by atoms with van der Waals surface area (Å²) in [7, 11) is 0. The summed E-state index contributed by atoms with van der Waals surface area (Å²) in [6.07, 6.45) is 0. The number of benzene rings is 8. The first kappa shape index (κ1) is 27.7. The normalized spacial score (nSPS) is 11.7. The fourth-order valence-corrected chi connectivity index (χ4v) is 7.76. The highest BCUT2D eigenvalue weighted by Crippen LogP contribution is 2.40. The lowest BCUT2D eigenvalue weighted by atomic mass is 9.94. The zero-order valence-corrected chi connectivity index (χ0v) is 26.8. The van der Waals surface area contributed by atoms with Crippen LogP contribution in [0.4, 0.5) is 0 Å². The lowest BCUT2D eigenvalue weighted by Crippen LogP contribution is -1.85. The summed E-state index contributed by atoms with van der Waals surface area (Å²) < 4.78 is 2.44. The fourth-order valence-electron chi connectivity index (χ4n) is 7.76. The van der Waals surface area contributed by atoms with Gasteiger partial charge in [-0.2, -0.15) is 0 Å². The van der Waals surface area contributed by atoms with Crippen molar-refractivity contribution in [3.8, 4) is 55.6 Å². The van der Waals surface area contributed by atoms with Crippen molar-refractivity contribution >= 4 is 38.1 Å². The molecule has 0 spiro atoms. The first-order valence-electron chi connectivity index (χ1n) is 16.9. The van der Waals surface area contributed by atoms with Gasteiger partial charge in [0.1, 0.15) is 0 Å². The Kier molecular flexibility index (Phi) is 6.25. The second kappa shape index (κ2) is 11.1. The van der Waals surface area contributed by atoms with E-state index in [1.54, 1.807) is 0 Å². The van der Waals surface area contributed by atoms with Crippen LogP contribution in [0, 0.1) is 0 Å². The molecule has 228 valence electrons. The minimum Gasteiger partial charge on any atom is -0.308 e. The van der Waals surface area contributed by atoms with Crippen molar-refractivity contribution in [1.29, 1.82) is 0 Å². The average molecular weight is 622 g/mol. The molecule has 0 amide bonds. The summed E-state index contributed by atoms with van der Waals surface area (Å²) in [5.41, 5.74) is 16.0. The highest BCUT2D eigenvalue weighted by molar-refractivity contribution is 6.23. The first-order valence-corrected chi connectivity index (χ1v) is 16.9. The average Bonchev–Trinajstić information content (AvgIpc) is 3.71. The minimum absolute atomic E-state index is 1.21. The quantitative estimate of drug-likeness (QED) is 0.180. The van der Waals surface area contributed by atoms with E-state index >= 15 is 0 Å². The van der Waals surface area contributed by atoms with Crippen molar-refractivity contribution < 1.29 is 0 Å². The molecule has 49 heavy (non-hydrogen) atoms. The monoisotopic (exact) mass is 621 g/mol. The lowest BCUT2D eigenvalue weighted by molar-refractivity contribution is 1.37. The van der Waals surface area contributed by atoms with Crippen LogP contribution in [0.1, 0.15) is 0 Å². The number of para-hydroxylation sites is 2. The van der Waals surface area contributed by atoms with Crippen molar-refractivity contribution in [2.24, 2.45) is 0 Å². The van der Waals surface area contributed by atoms with Gasteiger partial charge in [0.2, 0.25) is 0 Å². The molecular formula is C48H31N. The largest absolute Gasteiger partial charge is 0.308 e. The smallest absolute Gasteiger partial charge is 0.0620 e. The van der Waals surface area contributed by atoms with E-state index < -0.39 is 0 Å². The molecule has 0 fully saturated rings. The summed E-state index contributed by atoms with van der Waals surface area (Å²) in [4.78, 5) is 0. The highest BCUT2D eigenvalue weighted by atomic mass is 14.9. The molecule has 0 radical (unpaired) electrons. The number of fused-ring (bicyclic) bond motifs is 6. The topological polar surface area (TPSA) is 4.41 Å². The Labute approximate surface area is 285 Å². The van der Waals surface area contributed by atoms with Crippen LogP contribution in [-0.2, 0) is 0 Å². The maximum absolute atomic E-state index is 2.44. The Bertz CT molecular complexity index is 2820. The van der Waals surface area contributed by atoms with Gasteiger partial charge >= 0.3 is 0 Å². The van der Waals surface area contributed by atoms with Crippen molar-refractivity contribution in [1.82, 2.24) is 4.40 Å². The van der Waals surface area contributed by atoms with E-state index in [0.717, 1.165) is 0 Å². The van der Waals surface area contributed by atoms with Gasteiger partial charge in [0, 0.05) is 21.5 Å². The first-order chi connectivity index (χ1) is 24.3. The zero-order valence-electron chi connectivity index (χ0n) is 26.8. The van der Waals surface area contributed by atoms with Gasteiger partial charge in [-0.15, -0.1) is 0 Å². The molecule has 8 aromatic carbocycles. The molecule has 0 atom stereocenters. The molecule has 1 nitrogen and oxygen atoms in total. The van der Waals surface area contributed by atoms with Gasteiger partial charge in [0.25, 0.3) is 0 Å². The maximum Gasteiger partial charge on any atom is 0.0620 e. The third kappa shape index (κ3) is 4.55. The molecule has 0 N–H and O–H groups in total. The summed E-state index contributed by atoms with van der Waals surface area (Å²) in [5.74, 6) is 0. The predicted molar refractivity (Wildman–Crippen MR) is 208 cm³/mol. The van der Waals surface area contributed by atoms with Crippen LogP contribution in [0.2, 0.25) is 0 Å². The van der Waals surface area contributed by atoms with Crippen molar-refractivity contribution in [3.05, 3.63) is 188 Å². The standard InChI is InChI=1S/C48H31N/c1-2-11-32(12-3-1)33-13-6-14-34(27-33)35-15-7-16-36(28-35)37-17-8-18-38(29-37)39-19-9-20-40(30-39)41-25-26-47-45(31-41)44-23-10-22-43-42-21-4-5-24-46(42)49(47)48(43)44/h1-31H. The number of hydrogen-bond acceptors (Lipinski definition) is 0. The Balaban J connectivity index is 1.01. The fraction of sp³-hybridized carbons (Fsp3) is 0. The van der Waals surface area contributed by atoms with Gasteiger partial charge in [0.15, 0.2) is 0 Å². The Morgan fingerprint density at radius 1 is 0.224 bits per heavy atom. The third-order valence-electron chi connectivity index (χ3n) is 10.1. The molecule has 10 aromatic rings. The molecule has 2 aromatic heterocycles. The number of rotatable bonds is 5. The molecule has 1 heteroatoms. The Hall–Kier alpha value is -6.44. The minimum atomic E-state index is 1.21. The van der Waals surface area contributed by atoms with E-state index in [2.05, 4.69) is 192 Å². The summed E-state index contributed by atoms with van der Waals surface area (Å²) in [6, 6.07) is 68.6. The van der Waals surface area contributed by atoms with Crippen LogP contribution in [0.25, 0.3) is 93.7 Å². The molecule has 0 saturated carbocycles. The van der Waals surface area contributed by atoms with Gasteiger partial charge < -0.3 is 4.40 Å². The van der Waals surface area contributed by atoms with Crippen LogP contribution >= 0.6 is 0 Å². The third-order valence-corrected chi connectivity index (χ3v) is 10.1. The van der Waals surface area contributed by atoms with Gasteiger partial charge in [-0.05, 0) is 98.1 Å². The molecule has 2 heterocycles. The number of nitrogens with zero attached hydrogens (tertiary/aromatic N) is 1. The molecule has 0 bridgehead atoms. The van der Waals surface area contributed by atoms with E-state index in [9.17, 15) is 0 Å². The molecule has 0 aliphatic rings. The Morgan fingerprint density at radius 2 is 0.592 bits per heavy atom. The van der Waals surface area contributed by atoms with Crippen LogP contribution in [0.3, 0.4) is 0 Å². The lowest BCUT2D eigenvalue weighted by Gasteiger charge is -2.11. The zero-order chi connectivity index (χ0) is 32.3. The second-order valence-corrected chi connectivity index (χ2v) is 13.0. The van der Waals surface area contributed by atoms with E-state index in [0.29, 0.717) is 0 Å². The molecule has 0 unspecified atom stereocenters. The number of aromatic nitrogens is 1. The van der Waals surface area contributed by atoms with Crippen LogP contribution in [0.5, 0.6) is 0 Å². The summed E-state index contributed by atoms with van der Waals surface area (Å²) in [5, 5.41) is 5.24. The van der Waals surface area contributed by atoms with Crippen LogP contribution in [-0.4, -0.2) is 4.40 Å². The van der Waals surface area contributed by atoms with Crippen molar-refractivity contribution in [3.63, 3.8) is 0 Å². The van der Waals surface area contributed by atoms with Gasteiger partial charge in [0.05, 0.1) is 16.6 Å². The Morgan fingerprint density at radius 3 is 1.14 bits per heavy atom.